The molecule has 18 heavy (non-hydrogen) atoms. The molecular formula is C17H26O. The molecule has 0 aromatic heterocycles. The average Bonchev–Trinajstić information content (AvgIpc) is 3.11. The van der Waals surface area contributed by atoms with Crippen molar-refractivity contribution < 1.29 is 5.11 Å². The SMILES string of the molecule is CC(C)c1ccc(C(O)CC2CC2)c(C(C)C)c1. The van der Waals surface area contributed by atoms with E-state index in [-0.39, 0.29) is 6.10 Å². The lowest BCUT2D eigenvalue weighted by Gasteiger charge is -2.20. The summed E-state index contributed by atoms with van der Waals surface area (Å²) in [5.74, 6) is 1.80. The van der Waals surface area contributed by atoms with Crippen LogP contribution in [-0.4, -0.2) is 5.11 Å². The van der Waals surface area contributed by atoms with Crippen LogP contribution in [0, 0.1) is 5.92 Å². The maximum absolute atomic E-state index is 10.4. The van der Waals surface area contributed by atoms with Crippen molar-refractivity contribution in [2.24, 2.45) is 5.92 Å². The molecule has 0 radical (unpaired) electrons. The van der Waals surface area contributed by atoms with Gasteiger partial charge in [-0.1, -0.05) is 58.7 Å². The fourth-order valence-corrected chi connectivity index (χ4v) is 2.55. The second kappa shape index (κ2) is 5.44. The van der Waals surface area contributed by atoms with E-state index in [1.807, 2.05) is 0 Å². The van der Waals surface area contributed by atoms with Crippen molar-refractivity contribution in [1.82, 2.24) is 0 Å². The number of rotatable bonds is 5. The van der Waals surface area contributed by atoms with Crippen LogP contribution in [0.4, 0.5) is 0 Å². The Bertz CT molecular complexity index is 402. The number of hydrogen-bond acceptors (Lipinski definition) is 1. The zero-order valence-corrected chi connectivity index (χ0v) is 12.1. The Labute approximate surface area is 111 Å². The fraction of sp³-hybridized carbons (Fsp3) is 0.647. The molecule has 1 heteroatoms. The monoisotopic (exact) mass is 246 g/mol. The molecule has 1 fully saturated rings. The Kier molecular flexibility index (Phi) is 4.11. The van der Waals surface area contributed by atoms with E-state index in [2.05, 4.69) is 45.9 Å². The molecule has 1 unspecified atom stereocenters. The van der Waals surface area contributed by atoms with Crippen molar-refractivity contribution in [3.8, 4) is 0 Å². The topological polar surface area (TPSA) is 20.2 Å². The van der Waals surface area contributed by atoms with E-state index in [0.29, 0.717) is 11.8 Å². The highest BCUT2D eigenvalue weighted by Gasteiger charge is 2.26. The van der Waals surface area contributed by atoms with Crippen LogP contribution < -0.4 is 0 Å². The number of benzene rings is 1. The molecule has 2 rings (SSSR count). The molecule has 0 saturated heterocycles. The van der Waals surface area contributed by atoms with Crippen molar-refractivity contribution in [2.45, 2.75) is 64.9 Å². The molecule has 0 bridgehead atoms. The third kappa shape index (κ3) is 3.14. The van der Waals surface area contributed by atoms with Gasteiger partial charge in [0.15, 0.2) is 0 Å². The lowest BCUT2D eigenvalue weighted by atomic mass is 9.88. The van der Waals surface area contributed by atoms with E-state index < -0.39 is 0 Å². The van der Waals surface area contributed by atoms with Gasteiger partial charge in [0.25, 0.3) is 0 Å². The van der Waals surface area contributed by atoms with Gasteiger partial charge in [-0.05, 0) is 40.9 Å². The van der Waals surface area contributed by atoms with Crippen molar-refractivity contribution in [3.63, 3.8) is 0 Å². The molecule has 1 aromatic rings. The summed E-state index contributed by atoms with van der Waals surface area (Å²) in [6, 6.07) is 6.63. The lowest BCUT2D eigenvalue weighted by molar-refractivity contribution is 0.159. The maximum Gasteiger partial charge on any atom is 0.0795 e. The first-order valence-electron chi connectivity index (χ1n) is 7.30. The van der Waals surface area contributed by atoms with Crippen LogP contribution in [0.1, 0.15) is 81.6 Å². The summed E-state index contributed by atoms with van der Waals surface area (Å²) in [5, 5.41) is 10.4. The first-order valence-corrected chi connectivity index (χ1v) is 7.30. The molecule has 0 amide bonds. The summed E-state index contributed by atoms with van der Waals surface area (Å²) in [5.41, 5.74) is 3.86. The van der Waals surface area contributed by atoms with Gasteiger partial charge in [0.1, 0.15) is 0 Å². The van der Waals surface area contributed by atoms with E-state index in [1.54, 1.807) is 0 Å². The molecule has 1 aliphatic carbocycles. The summed E-state index contributed by atoms with van der Waals surface area (Å²) in [7, 11) is 0. The van der Waals surface area contributed by atoms with Gasteiger partial charge in [0, 0.05) is 0 Å². The second-order valence-corrected chi connectivity index (χ2v) is 6.39. The first-order chi connectivity index (χ1) is 8.49. The zero-order valence-electron chi connectivity index (χ0n) is 12.1. The predicted octanol–water partition coefficient (Wildman–Crippen LogP) is 4.77. The van der Waals surface area contributed by atoms with E-state index in [1.165, 1.54) is 24.0 Å². The second-order valence-electron chi connectivity index (χ2n) is 6.39. The van der Waals surface area contributed by atoms with Crippen molar-refractivity contribution in [2.75, 3.05) is 0 Å². The summed E-state index contributed by atoms with van der Waals surface area (Å²) in [6.45, 7) is 8.87. The van der Waals surface area contributed by atoms with Crippen LogP contribution in [0.15, 0.2) is 18.2 Å². The number of hydrogen-bond donors (Lipinski definition) is 1. The summed E-state index contributed by atoms with van der Waals surface area (Å²) < 4.78 is 0. The van der Waals surface area contributed by atoms with E-state index >= 15 is 0 Å². The Morgan fingerprint density at radius 2 is 1.72 bits per heavy atom. The van der Waals surface area contributed by atoms with Crippen molar-refractivity contribution in [1.29, 1.82) is 0 Å². The van der Waals surface area contributed by atoms with Crippen molar-refractivity contribution in [3.05, 3.63) is 34.9 Å². The smallest absolute Gasteiger partial charge is 0.0795 e. The van der Waals surface area contributed by atoms with Crippen LogP contribution in [0.25, 0.3) is 0 Å². The minimum Gasteiger partial charge on any atom is -0.388 e. The van der Waals surface area contributed by atoms with Crippen LogP contribution in [-0.2, 0) is 0 Å². The molecule has 1 nitrogen and oxygen atoms in total. The van der Waals surface area contributed by atoms with E-state index in [4.69, 9.17) is 0 Å². The largest absolute Gasteiger partial charge is 0.388 e. The van der Waals surface area contributed by atoms with Gasteiger partial charge in [-0.3, -0.25) is 0 Å². The molecule has 1 saturated carbocycles. The van der Waals surface area contributed by atoms with Gasteiger partial charge in [0.2, 0.25) is 0 Å². The molecule has 0 heterocycles. The van der Waals surface area contributed by atoms with Crippen LogP contribution in [0.3, 0.4) is 0 Å². The summed E-state index contributed by atoms with van der Waals surface area (Å²) >= 11 is 0. The van der Waals surface area contributed by atoms with Gasteiger partial charge in [-0.2, -0.15) is 0 Å². The Morgan fingerprint density at radius 1 is 1.06 bits per heavy atom. The normalized spacial score (nSPS) is 17.5. The molecule has 1 aromatic carbocycles. The van der Waals surface area contributed by atoms with Gasteiger partial charge in [0.05, 0.1) is 6.10 Å². The summed E-state index contributed by atoms with van der Waals surface area (Å²) in [4.78, 5) is 0. The first kappa shape index (κ1) is 13.6. The minimum atomic E-state index is -0.267. The number of aliphatic hydroxyl groups is 1. The third-order valence-electron chi connectivity index (χ3n) is 4.01. The molecule has 0 spiro atoms. The molecule has 0 aliphatic heterocycles. The average molecular weight is 246 g/mol. The summed E-state index contributed by atoms with van der Waals surface area (Å²) in [6.07, 6.45) is 3.29. The highest BCUT2D eigenvalue weighted by molar-refractivity contribution is 5.37. The third-order valence-corrected chi connectivity index (χ3v) is 4.01. The van der Waals surface area contributed by atoms with Crippen LogP contribution in [0.2, 0.25) is 0 Å². The minimum absolute atomic E-state index is 0.267. The number of aliphatic hydroxyl groups excluding tert-OH is 1. The van der Waals surface area contributed by atoms with Gasteiger partial charge in [-0.25, -0.2) is 0 Å². The Balaban J connectivity index is 2.26. The zero-order chi connectivity index (χ0) is 13.3. The lowest BCUT2D eigenvalue weighted by Crippen LogP contribution is -2.06. The van der Waals surface area contributed by atoms with Crippen molar-refractivity contribution >= 4 is 0 Å². The highest BCUT2D eigenvalue weighted by Crippen LogP contribution is 2.39. The Morgan fingerprint density at radius 3 is 2.22 bits per heavy atom. The van der Waals surface area contributed by atoms with Gasteiger partial charge >= 0.3 is 0 Å². The maximum atomic E-state index is 10.4. The quantitative estimate of drug-likeness (QED) is 0.793. The molecule has 1 N–H and O–H groups in total. The fourth-order valence-electron chi connectivity index (χ4n) is 2.55. The molecule has 100 valence electrons. The molecule has 1 aliphatic rings. The Hall–Kier alpha value is -0.820. The standard InChI is InChI=1S/C17H26O/c1-11(2)14-7-8-15(16(10-14)12(3)4)17(18)9-13-5-6-13/h7-8,10-13,17-18H,5-6,9H2,1-4H3. The van der Waals surface area contributed by atoms with E-state index in [9.17, 15) is 5.11 Å². The highest BCUT2D eigenvalue weighted by atomic mass is 16.3. The van der Waals surface area contributed by atoms with E-state index in [0.717, 1.165) is 17.9 Å². The molecular weight excluding hydrogens is 220 g/mol. The van der Waals surface area contributed by atoms with Gasteiger partial charge < -0.3 is 5.11 Å². The predicted molar refractivity (Wildman–Crippen MR) is 76.9 cm³/mol. The van der Waals surface area contributed by atoms with Crippen LogP contribution in [0.5, 0.6) is 0 Å². The van der Waals surface area contributed by atoms with Crippen LogP contribution >= 0.6 is 0 Å². The molecule has 1 atom stereocenters. The van der Waals surface area contributed by atoms with Gasteiger partial charge in [-0.15, -0.1) is 0 Å².